The largest absolute Gasteiger partial charge is 0.573 e. The van der Waals surface area contributed by atoms with Gasteiger partial charge in [0.05, 0.1) is 6.42 Å². The predicted octanol–water partition coefficient (Wildman–Crippen LogP) is 4.08. The van der Waals surface area contributed by atoms with Crippen molar-refractivity contribution in [2.75, 3.05) is 11.4 Å². The molecule has 2 heterocycles. The highest BCUT2D eigenvalue weighted by Gasteiger charge is 2.31. The van der Waals surface area contributed by atoms with Crippen molar-refractivity contribution >= 4 is 11.6 Å². The van der Waals surface area contributed by atoms with E-state index in [0.717, 1.165) is 16.8 Å². The van der Waals surface area contributed by atoms with E-state index in [4.69, 9.17) is 4.42 Å². The average Bonchev–Trinajstić information content (AvgIpc) is 3.21. The van der Waals surface area contributed by atoms with Crippen molar-refractivity contribution < 1.29 is 27.1 Å². The van der Waals surface area contributed by atoms with Crippen molar-refractivity contribution in [3.8, 4) is 16.9 Å². The number of ether oxygens (including phenoxy) is 1. The third-order valence-corrected chi connectivity index (χ3v) is 4.56. The second kappa shape index (κ2) is 7.23. The van der Waals surface area contributed by atoms with Gasteiger partial charge in [-0.25, -0.2) is 0 Å². The molecule has 1 aliphatic heterocycles. The number of hydrogen-bond acceptors (Lipinski definition) is 5. The van der Waals surface area contributed by atoms with Crippen LogP contribution in [0.3, 0.4) is 0 Å². The molecule has 0 bridgehead atoms. The Labute approximate surface area is 163 Å². The molecule has 0 fully saturated rings. The molecule has 0 spiro atoms. The molecule has 4 rings (SSSR count). The Hall–Kier alpha value is -3.36. The molecular weight excluding hydrogens is 387 g/mol. The highest BCUT2D eigenvalue weighted by molar-refractivity contribution is 6.02. The number of hydrogen-bond donors (Lipinski definition) is 0. The zero-order chi connectivity index (χ0) is 20.6. The first-order valence-corrected chi connectivity index (χ1v) is 8.87. The number of amides is 1. The van der Waals surface area contributed by atoms with Crippen LogP contribution in [0.5, 0.6) is 5.75 Å². The number of carbonyl (C=O) groups is 1. The number of rotatable bonds is 5. The molecule has 1 aliphatic rings. The standard InChI is InChI=1S/C20H16F3N3O3/c1-12-24-25-18(28-12)8-9-26-17-10-14(2-3-15(17)11-19(26)27)13-4-6-16(7-5-13)29-20(21,22)23/h2-7,10H,8-9,11H2,1H3. The third-order valence-electron chi connectivity index (χ3n) is 4.56. The molecule has 2 aromatic carbocycles. The topological polar surface area (TPSA) is 68.5 Å². The van der Waals surface area contributed by atoms with Gasteiger partial charge in [0.15, 0.2) is 0 Å². The van der Waals surface area contributed by atoms with Crippen LogP contribution in [0.15, 0.2) is 46.9 Å². The number of halogens is 3. The molecule has 1 amide bonds. The minimum absolute atomic E-state index is 0.0256. The van der Waals surface area contributed by atoms with Crippen molar-refractivity contribution in [2.24, 2.45) is 0 Å². The van der Waals surface area contributed by atoms with E-state index in [1.54, 1.807) is 24.0 Å². The van der Waals surface area contributed by atoms with E-state index in [2.05, 4.69) is 14.9 Å². The number of aromatic nitrogens is 2. The van der Waals surface area contributed by atoms with Gasteiger partial charge in [0.2, 0.25) is 17.7 Å². The SMILES string of the molecule is Cc1nnc(CCN2C(=O)Cc3ccc(-c4ccc(OC(F)(F)F)cc4)cc32)o1. The first kappa shape index (κ1) is 19.0. The van der Waals surface area contributed by atoms with Crippen molar-refractivity contribution in [1.82, 2.24) is 10.2 Å². The Kier molecular flexibility index (Phi) is 4.73. The molecule has 3 aromatic rings. The summed E-state index contributed by atoms with van der Waals surface area (Å²) in [6.07, 6.45) is -4.00. The van der Waals surface area contributed by atoms with E-state index in [-0.39, 0.29) is 11.7 Å². The summed E-state index contributed by atoms with van der Waals surface area (Å²) in [6.45, 7) is 2.10. The molecule has 0 atom stereocenters. The van der Waals surface area contributed by atoms with Crippen molar-refractivity contribution in [3.05, 3.63) is 59.8 Å². The van der Waals surface area contributed by atoms with Gasteiger partial charge in [0, 0.05) is 25.6 Å². The Balaban J connectivity index is 1.54. The molecular formula is C20H16F3N3O3. The van der Waals surface area contributed by atoms with Gasteiger partial charge < -0.3 is 14.1 Å². The summed E-state index contributed by atoms with van der Waals surface area (Å²) in [5.41, 5.74) is 3.18. The van der Waals surface area contributed by atoms with Gasteiger partial charge in [-0.05, 0) is 34.9 Å². The van der Waals surface area contributed by atoms with Crippen LogP contribution in [-0.4, -0.2) is 29.0 Å². The normalized spacial score (nSPS) is 13.7. The molecule has 29 heavy (non-hydrogen) atoms. The number of anilines is 1. The summed E-state index contributed by atoms with van der Waals surface area (Å²) in [7, 11) is 0. The maximum Gasteiger partial charge on any atom is 0.573 e. The van der Waals surface area contributed by atoms with Crippen LogP contribution in [0.1, 0.15) is 17.3 Å². The van der Waals surface area contributed by atoms with Gasteiger partial charge in [0.25, 0.3) is 0 Å². The second-order valence-corrected chi connectivity index (χ2v) is 6.60. The third kappa shape index (κ3) is 4.23. The summed E-state index contributed by atoms with van der Waals surface area (Å²) in [4.78, 5) is 14.1. The lowest BCUT2D eigenvalue weighted by Gasteiger charge is -2.17. The molecule has 0 N–H and O–H groups in total. The minimum atomic E-state index is -4.73. The fraction of sp³-hybridized carbons (Fsp3) is 0.250. The maximum absolute atomic E-state index is 12.4. The van der Waals surface area contributed by atoms with E-state index in [1.807, 2.05) is 18.2 Å². The average molecular weight is 403 g/mol. The molecule has 0 saturated heterocycles. The number of nitrogens with zero attached hydrogens (tertiary/aromatic N) is 3. The van der Waals surface area contributed by atoms with Crippen LogP contribution in [0.4, 0.5) is 18.9 Å². The first-order valence-electron chi connectivity index (χ1n) is 8.87. The molecule has 0 radical (unpaired) electrons. The number of carbonyl (C=O) groups excluding carboxylic acids is 1. The Morgan fingerprint density at radius 1 is 1.10 bits per heavy atom. The monoisotopic (exact) mass is 403 g/mol. The van der Waals surface area contributed by atoms with E-state index in [1.165, 1.54) is 12.1 Å². The quantitative estimate of drug-likeness (QED) is 0.642. The molecule has 0 saturated carbocycles. The second-order valence-electron chi connectivity index (χ2n) is 6.60. The van der Waals surface area contributed by atoms with Gasteiger partial charge in [0.1, 0.15) is 5.75 Å². The zero-order valence-corrected chi connectivity index (χ0v) is 15.4. The lowest BCUT2D eigenvalue weighted by Crippen LogP contribution is -2.29. The van der Waals surface area contributed by atoms with E-state index >= 15 is 0 Å². The summed E-state index contributed by atoms with van der Waals surface area (Å²) < 4.78 is 46.2. The van der Waals surface area contributed by atoms with Gasteiger partial charge >= 0.3 is 6.36 Å². The first-order chi connectivity index (χ1) is 13.8. The minimum Gasteiger partial charge on any atom is -0.426 e. The van der Waals surface area contributed by atoms with Crippen LogP contribution < -0.4 is 9.64 Å². The lowest BCUT2D eigenvalue weighted by atomic mass is 10.0. The Morgan fingerprint density at radius 3 is 2.48 bits per heavy atom. The molecule has 0 aliphatic carbocycles. The van der Waals surface area contributed by atoms with E-state index in [9.17, 15) is 18.0 Å². The van der Waals surface area contributed by atoms with Crippen LogP contribution >= 0.6 is 0 Å². The molecule has 0 unspecified atom stereocenters. The molecule has 9 heteroatoms. The van der Waals surface area contributed by atoms with Gasteiger partial charge in [-0.15, -0.1) is 23.4 Å². The van der Waals surface area contributed by atoms with Crippen molar-refractivity contribution in [3.63, 3.8) is 0 Å². The van der Waals surface area contributed by atoms with E-state index in [0.29, 0.717) is 36.7 Å². The smallest absolute Gasteiger partial charge is 0.426 e. The maximum atomic E-state index is 12.4. The number of aryl methyl sites for hydroxylation is 1. The highest BCUT2D eigenvalue weighted by atomic mass is 19.4. The number of fused-ring (bicyclic) bond motifs is 1. The van der Waals surface area contributed by atoms with E-state index < -0.39 is 6.36 Å². The van der Waals surface area contributed by atoms with Crippen LogP contribution in [0, 0.1) is 6.92 Å². The number of alkyl halides is 3. The summed E-state index contributed by atoms with van der Waals surface area (Å²) in [6, 6.07) is 11.2. The molecule has 1 aromatic heterocycles. The summed E-state index contributed by atoms with van der Waals surface area (Å²) in [5.74, 6) is 0.616. The fourth-order valence-corrected chi connectivity index (χ4v) is 3.28. The highest BCUT2D eigenvalue weighted by Crippen LogP contribution is 2.34. The predicted molar refractivity (Wildman–Crippen MR) is 97.4 cm³/mol. The molecule has 150 valence electrons. The van der Waals surface area contributed by atoms with Crippen molar-refractivity contribution in [2.45, 2.75) is 26.1 Å². The van der Waals surface area contributed by atoms with Gasteiger partial charge in [-0.1, -0.05) is 24.3 Å². The number of benzene rings is 2. The van der Waals surface area contributed by atoms with Crippen LogP contribution in [0.2, 0.25) is 0 Å². The Morgan fingerprint density at radius 2 is 1.83 bits per heavy atom. The van der Waals surface area contributed by atoms with Crippen molar-refractivity contribution in [1.29, 1.82) is 0 Å². The van der Waals surface area contributed by atoms with Gasteiger partial charge in [-0.2, -0.15) is 0 Å². The Bertz CT molecular complexity index is 1050. The van der Waals surface area contributed by atoms with Crippen LogP contribution in [0.25, 0.3) is 11.1 Å². The fourth-order valence-electron chi connectivity index (χ4n) is 3.28. The molecule has 6 nitrogen and oxygen atoms in total. The van der Waals surface area contributed by atoms with Gasteiger partial charge in [-0.3, -0.25) is 4.79 Å². The van der Waals surface area contributed by atoms with Crippen LogP contribution in [-0.2, 0) is 17.6 Å². The lowest BCUT2D eigenvalue weighted by molar-refractivity contribution is -0.274. The summed E-state index contributed by atoms with van der Waals surface area (Å²) >= 11 is 0. The summed E-state index contributed by atoms with van der Waals surface area (Å²) in [5, 5.41) is 7.72. The zero-order valence-electron chi connectivity index (χ0n) is 15.4.